The number of hydrogen-bond donors (Lipinski definition) is 1. The number of carboxylic acids is 1. The maximum absolute atomic E-state index is 10.7. The molecule has 0 saturated heterocycles. The highest BCUT2D eigenvalue weighted by molar-refractivity contribution is 5.85. The molecule has 0 aliphatic rings. The molecule has 1 aromatic heterocycles. The number of anilines is 2. The van der Waals surface area contributed by atoms with E-state index in [1.165, 1.54) is 12.4 Å². The fourth-order valence-electron chi connectivity index (χ4n) is 1.59. The van der Waals surface area contributed by atoms with Crippen molar-refractivity contribution in [3.05, 3.63) is 47.9 Å². The van der Waals surface area contributed by atoms with E-state index in [9.17, 15) is 4.79 Å². The summed E-state index contributed by atoms with van der Waals surface area (Å²) in [5.41, 5.74) is 1.07. The highest BCUT2D eigenvalue weighted by Gasteiger charge is 2.11. The van der Waals surface area contributed by atoms with Gasteiger partial charge in [0.05, 0.1) is 23.6 Å². The van der Waals surface area contributed by atoms with E-state index in [1.54, 1.807) is 30.1 Å². The number of rotatable bonds is 3. The third kappa shape index (κ3) is 2.50. The van der Waals surface area contributed by atoms with Gasteiger partial charge >= 0.3 is 5.97 Å². The second kappa shape index (κ2) is 5.14. The Balaban J connectivity index is 2.36. The first-order valence-corrected chi connectivity index (χ1v) is 5.41. The second-order valence-corrected chi connectivity index (χ2v) is 3.75. The maximum Gasteiger partial charge on any atom is 0.356 e. The van der Waals surface area contributed by atoms with Gasteiger partial charge in [-0.05, 0) is 12.1 Å². The van der Waals surface area contributed by atoms with Crippen LogP contribution in [0.2, 0.25) is 0 Å². The van der Waals surface area contributed by atoms with Crippen molar-refractivity contribution in [1.82, 2.24) is 9.97 Å². The molecule has 1 N–H and O–H groups in total. The third-order valence-corrected chi connectivity index (χ3v) is 2.59. The number of aromatic carboxylic acids is 1. The highest BCUT2D eigenvalue weighted by Crippen LogP contribution is 2.24. The van der Waals surface area contributed by atoms with E-state index in [0.717, 1.165) is 0 Å². The fourth-order valence-corrected chi connectivity index (χ4v) is 1.59. The zero-order chi connectivity index (χ0) is 13.8. The van der Waals surface area contributed by atoms with Crippen LogP contribution in [0.1, 0.15) is 16.1 Å². The number of hydrogen-bond acceptors (Lipinski definition) is 5. The molecule has 1 heterocycles. The Bertz CT molecular complexity index is 646. The SMILES string of the molecule is CN(c1cnc(C(=O)O)cn1)c1ccccc1C#N. The molecule has 0 aliphatic heterocycles. The Morgan fingerprint density at radius 1 is 1.32 bits per heavy atom. The number of nitriles is 1. The molecule has 2 aromatic rings. The number of carboxylic acid groups (broad SMARTS) is 1. The van der Waals surface area contributed by atoms with Gasteiger partial charge in [0, 0.05) is 7.05 Å². The first-order valence-electron chi connectivity index (χ1n) is 5.41. The number of nitrogens with zero attached hydrogens (tertiary/aromatic N) is 4. The van der Waals surface area contributed by atoms with Crippen LogP contribution in [0.4, 0.5) is 11.5 Å². The third-order valence-electron chi connectivity index (χ3n) is 2.59. The minimum Gasteiger partial charge on any atom is -0.476 e. The molecule has 6 nitrogen and oxygen atoms in total. The van der Waals surface area contributed by atoms with Gasteiger partial charge in [-0.2, -0.15) is 5.26 Å². The predicted octanol–water partition coefficient (Wildman–Crippen LogP) is 1.81. The summed E-state index contributed by atoms with van der Waals surface area (Å²) in [6, 6.07) is 9.16. The molecule has 0 fully saturated rings. The minimum absolute atomic E-state index is 0.120. The number of aromatic nitrogens is 2. The lowest BCUT2D eigenvalue weighted by atomic mass is 10.2. The van der Waals surface area contributed by atoms with Crippen LogP contribution in [0.25, 0.3) is 0 Å². The van der Waals surface area contributed by atoms with Crippen LogP contribution in [-0.4, -0.2) is 28.1 Å². The van der Waals surface area contributed by atoms with E-state index < -0.39 is 5.97 Å². The molecule has 0 amide bonds. The summed E-state index contributed by atoms with van der Waals surface area (Å²) in [6.07, 6.45) is 2.54. The molecule has 0 spiro atoms. The van der Waals surface area contributed by atoms with Crippen molar-refractivity contribution in [2.24, 2.45) is 0 Å². The van der Waals surface area contributed by atoms with Crippen molar-refractivity contribution in [2.75, 3.05) is 11.9 Å². The number of carbonyl (C=O) groups is 1. The van der Waals surface area contributed by atoms with Gasteiger partial charge in [0.2, 0.25) is 0 Å². The molecule has 2 rings (SSSR count). The van der Waals surface area contributed by atoms with Gasteiger partial charge in [0.25, 0.3) is 0 Å². The van der Waals surface area contributed by atoms with Crippen molar-refractivity contribution in [1.29, 1.82) is 5.26 Å². The van der Waals surface area contributed by atoms with Gasteiger partial charge in [-0.3, -0.25) is 0 Å². The zero-order valence-electron chi connectivity index (χ0n) is 10.1. The van der Waals surface area contributed by atoms with Gasteiger partial charge in [0.15, 0.2) is 11.5 Å². The largest absolute Gasteiger partial charge is 0.476 e. The van der Waals surface area contributed by atoms with E-state index in [1.807, 2.05) is 6.07 Å². The van der Waals surface area contributed by atoms with E-state index in [-0.39, 0.29) is 5.69 Å². The van der Waals surface area contributed by atoms with Gasteiger partial charge in [-0.1, -0.05) is 12.1 Å². The lowest BCUT2D eigenvalue weighted by Gasteiger charge is -2.18. The minimum atomic E-state index is -1.13. The summed E-state index contributed by atoms with van der Waals surface area (Å²) in [5.74, 6) is -0.660. The number of para-hydroxylation sites is 1. The zero-order valence-corrected chi connectivity index (χ0v) is 10.1. The standard InChI is InChI=1S/C13H10N4O2/c1-17(11-5-3-2-4-9(11)6-14)12-8-15-10(7-16-12)13(18)19/h2-5,7-8H,1H3,(H,18,19). The summed E-state index contributed by atoms with van der Waals surface area (Å²) in [7, 11) is 1.74. The maximum atomic E-state index is 10.7. The molecule has 0 saturated carbocycles. The topological polar surface area (TPSA) is 90.1 Å². The van der Waals surface area contributed by atoms with Crippen LogP contribution in [0.15, 0.2) is 36.7 Å². The van der Waals surface area contributed by atoms with Crippen molar-refractivity contribution >= 4 is 17.5 Å². The van der Waals surface area contributed by atoms with Crippen molar-refractivity contribution in [3.8, 4) is 6.07 Å². The van der Waals surface area contributed by atoms with Crippen LogP contribution in [-0.2, 0) is 0 Å². The van der Waals surface area contributed by atoms with Crippen molar-refractivity contribution in [2.45, 2.75) is 0 Å². The van der Waals surface area contributed by atoms with Crippen LogP contribution in [0.5, 0.6) is 0 Å². The molecule has 19 heavy (non-hydrogen) atoms. The molecule has 0 atom stereocenters. The molecular formula is C13H10N4O2. The van der Waals surface area contributed by atoms with Gasteiger partial charge in [-0.25, -0.2) is 14.8 Å². The van der Waals surface area contributed by atoms with Crippen LogP contribution >= 0.6 is 0 Å². The summed E-state index contributed by atoms with van der Waals surface area (Å²) >= 11 is 0. The Kier molecular flexibility index (Phi) is 3.39. The normalized spacial score (nSPS) is 9.68. The fraction of sp³-hybridized carbons (Fsp3) is 0.0769. The quantitative estimate of drug-likeness (QED) is 0.898. The summed E-state index contributed by atoms with van der Waals surface area (Å²) < 4.78 is 0. The predicted molar refractivity (Wildman–Crippen MR) is 68.2 cm³/mol. The smallest absolute Gasteiger partial charge is 0.356 e. The summed E-state index contributed by atoms with van der Waals surface area (Å²) in [6.45, 7) is 0. The van der Waals surface area contributed by atoms with E-state index >= 15 is 0 Å². The summed E-state index contributed by atoms with van der Waals surface area (Å²) in [5, 5.41) is 17.8. The average molecular weight is 254 g/mol. The van der Waals surface area contributed by atoms with Gasteiger partial charge in [-0.15, -0.1) is 0 Å². The van der Waals surface area contributed by atoms with Crippen LogP contribution < -0.4 is 4.90 Å². The van der Waals surface area contributed by atoms with Gasteiger partial charge < -0.3 is 10.0 Å². The molecule has 0 aliphatic carbocycles. The second-order valence-electron chi connectivity index (χ2n) is 3.75. The van der Waals surface area contributed by atoms with Crippen molar-refractivity contribution < 1.29 is 9.90 Å². The number of benzene rings is 1. The first kappa shape index (κ1) is 12.5. The monoisotopic (exact) mass is 254 g/mol. The van der Waals surface area contributed by atoms with Crippen molar-refractivity contribution in [3.63, 3.8) is 0 Å². The van der Waals surface area contributed by atoms with Gasteiger partial charge in [0.1, 0.15) is 6.07 Å². The van der Waals surface area contributed by atoms with Crippen LogP contribution in [0, 0.1) is 11.3 Å². The summed E-state index contributed by atoms with van der Waals surface area (Å²) in [4.78, 5) is 20.2. The highest BCUT2D eigenvalue weighted by atomic mass is 16.4. The Morgan fingerprint density at radius 2 is 2.05 bits per heavy atom. The lowest BCUT2D eigenvalue weighted by molar-refractivity contribution is 0.0690. The van der Waals surface area contributed by atoms with E-state index in [0.29, 0.717) is 17.1 Å². The molecule has 6 heteroatoms. The van der Waals surface area contributed by atoms with Crippen LogP contribution in [0.3, 0.4) is 0 Å². The molecule has 94 valence electrons. The van der Waals surface area contributed by atoms with E-state index in [4.69, 9.17) is 10.4 Å². The first-order chi connectivity index (χ1) is 9.13. The van der Waals surface area contributed by atoms with E-state index in [2.05, 4.69) is 16.0 Å². The molecule has 0 radical (unpaired) electrons. The average Bonchev–Trinajstić information content (AvgIpc) is 2.46. The Labute approximate surface area is 109 Å². The molecule has 0 unspecified atom stereocenters. The Hall–Kier alpha value is -2.94. The molecule has 1 aromatic carbocycles. The molecular weight excluding hydrogens is 244 g/mol. The lowest BCUT2D eigenvalue weighted by Crippen LogP contribution is -2.14. The molecule has 0 bridgehead atoms. The Morgan fingerprint density at radius 3 is 2.63 bits per heavy atom.